The van der Waals surface area contributed by atoms with Crippen LogP contribution in [0.5, 0.6) is 0 Å². The molecule has 16 heavy (non-hydrogen) atoms. The van der Waals surface area contributed by atoms with E-state index in [2.05, 4.69) is 17.2 Å². The van der Waals surface area contributed by atoms with Crippen molar-refractivity contribution in [3.05, 3.63) is 12.7 Å². The Balaban J connectivity index is 4.06. The van der Waals surface area contributed by atoms with Crippen molar-refractivity contribution in [2.75, 3.05) is 6.54 Å². The van der Waals surface area contributed by atoms with Crippen LogP contribution in [0.4, 0.5) is 13.6 Å². The normalized spacial score (nSPS) is 13.0. The summed E-state index contributed by atoms with van der Waals surface area (Å²) in [4.78, 5) is 11.2. The second-order valence-corrected chi connectivity index (χ2v) is 3.83. The zero-order valence-electron chi connectivity index (χ0n) is 9.85. The Labute approximate surface area is 95.3 Å². The number of nitrogens with one attached hydrogen (secondary N) is 2. The molecule has 0 aliphatic rings. The van der Waals surface area contributed by atoms with E-state index in [4.69, 9.17) is 0 Å². The number of carbonyl (C=O) groups excluding carboxylic acids is 1. The molecule has 0 saturated carbocycles. The van der Waals surface area contributed by atoms with Crippen LogP contribution in [0.25, 0.3) is 0 Å². The molecule has 94 valence electrons. The lowest BCUT2D eigenvalue weighted by Crippen LogP contribution is -2.42. The molecule has 1 atom stereocenters. The highest BCUT2D eigenvalue weighted by Gasteiger charge is 2.23. The van der Waals surface area contributed by atoms with Crippen LogP contribution in [0.3, 0.4) is 0 Å². The van der Waals surface area contributed by atoms with Gasteiger partial charge in [0.25, 0.3) is 0 Å². The van der Waals surface area contributed by atoms with Gasteiger partial charge in [-0.15, -0.1) is 6.58 Å². The van der Waals surface area contributed by atoms with Gasteiger partial charge in [-0.05, 0) is 26.7 Å². The van der Waals surface area contributed by atoms with Gasteiger partial charge in [0.15, 0.2) is 0 Å². The van der Waals surface area contributed by atoms with Crippen LogP contribution in [0.2, 0.25) is 0 Å². The highest BCUT2D eigenvalue weighted by molar-refractivity contribution is 5.74. The molecule has 1 unspecified atom stereocenters. The summed E-state index contributed by atoms with van der Waals surface area (Å²) < 4.78 is 25.3. The van der Waals surface area contributed by atoms with E-state index in [9.17, 15) is 13.6 Å². The Bertz CT molecular complexity index is 227. The number of carbonyl (C=O) groups is 1. The molecule has 0 radical (unpaired) electrons. The summed E-state index contributed by atoms with van der Waals surface area (Å²) in [5.41, 5.74) is 0. The standard InChI is InChI=1S/C11H20F2N2O/c1-4-6-9(7-8-11(3,12)13)15-10(16)14-5-2/h4,9H,1,5-8H2,2-3H3,(H2,14,15,16). The molecule has 0 bridgehead atoms. The first kappa shape index (κ1) is 14.9. The first-order valence-electron chi connectivity index (χ1n) is 5.42. The Morgan fingerprint density at radius 2 is 2.19 bits per heavy atom. The quantitative estimate of drug-likeness (QED) is 0.653. The van der Waals surface area contributed by atoms with Gasteiger partial charge in [0, 0.05) is 19.0 Å². The fourth-order valence-corrected chi connectivity index (χ4v) is 1.27. The molecule has 2 amide bonds. The van der Waals surface area contributed by atoms with Gasteiger partial charge in [-0.1, -0.05) is 6.08 Å². The van der Waals surface area contributed by atoms with Crippen molar-refractivity contribution in [2.45, 2.75) is 45.1 Å². The summed E-state index contributed by atoms with van der Waals surface area (Å²) >= 11 is 0. The average Bonchev–Trinajstić information content (AvgIpc) is 2.14. The Morgan fingerprint density at radius 1 is 1.56 bits per heavy atom. The molecule has 0 aromatic carbocycles. The van der Waals surface area contributed by atoms with E-state index in [1.165, 1.54) is 0 Å². The number of amides is 2. The minimum absolute atomic E-state index is 0.238. The third kappa shape index (κ3) is 8.20. The molecule has 0 saturated heterocycles. The minimum Gasteiger partial charge on any atom is -0.338 e. The average molecular weight is 234 g/mol. The maximum absolute atomic E-state index is 12.7. The minimum atomic E-state index is -2.69. The van der Waals surface area contributed by atoms with Gasteiger partial charge in [-0.3, -0.25) is 0 Å². The molecule has 0 fully saturated rings. The molecule has 0 aromatic rings. The lowest BCUT2D eigenvalue weighted by atomic mass is 10.1. The molecule has 0 spiro atoms. The zero-order valence-corrected chi connectivity index (χ0v) is 9.85. The predicted molar refractivity (Wildman–Crippen MR) is 60.7 cm³/mol. The van der Waals surface area contributed by atoms with Gasteiger partial charge in [0.1, 0.15) is 0 Å². The summed E-state index contributed by atoms with van der Waals surface area (Å²) in [7, 11) is 0. The van der Waals surface area contributed by atoms with Crippen molar-refractivity contribution in [1.29, 1.82) is 0 Å². The van der Waals surface area contributed by atoms with Crippen LogP contribution in [0.1, 0.15) is 33.1 Å². The largest absolute Gasteiger partial charge is 0.338 e. The summed E-state index contributed by atoms with van der Waals surface area (Å²) in [6, 6.07) is -0.608. The highest BCUT2D eigenvalue weighted by atomic mass is 19.3. The van der Waals surface area contributed by atoms with E-state index < -0.39 is 5.92 Å². The van der Waals surface area contributed by atoms with Crippen LogP contribution >= 0.6 is 0 Å². The number of rotatable bonds is 7. The molecule has 0 aromatic heterocycles. The highest BCUT2D eigenvalue weighted by Crippen LogP contribution is 2.20. The maximum Gasteiger partial charge on any atom is 0.315 e. The van der Waals surface area contributed by atoms with Crippen molar-refractivity contribution in [3.63, 3.8) is 0 Å². The molecule has 0 rings (SSSR count). The van der Waals surface area contributed by atoms with Crippen molar-refractivity contribution >= 4 is 6.03 Å². The lowest BCUT2D eigenvalue weighted by molar-refractivity contribution is 0.00860. The fraction of sp³-hybridized carbons (Fsp3) is 0.727. The van der Waals surface area contributed by atoms with E-state index in [0.29, 0.717) is 13.0 Å². The third-order valence-corrected chi connectivity index (χ3v) is 2.06. The molecule has 0 heterocycles. The van der Waals surface area contributed by atoms with Crippen molar-refractivity contribution in [1.82, 2.24) is 10.6 Å². The second kappa shape index (κ2) is 7.19. The fourth-order valence-electron chi connectivity index (χ4n) is 1.27. The number of halogens is 2. The third-order valence-electron chi connectivity index (χ3n) is 2.06. The monoisotopic (exact) mass is 234 g/mol. The Hall–Kier alpha value is -1.13. The van der Waals surface area contributed by atoms with Crippen molar-refractivity contribution in [2.24, 2.45) is 0 Å². The lowest BCUT2D eigenvalue weighted by Gasteiger charge is -2.19. The number of hydrogen-bond donors (Lipinski definition) is 2. The first-order valence-corrected chi connectivity index (χ1v) is 5.42. The molecular weight excluding hydrogens is 214 g/mol. The van der Waals surface area contributed by atoms with Crippen LogP contribution in [0, 0.1) is 0 Å². The summed E-state index contributed by atoms with van der Waals surface area (Å²) in [6.45, 7) is 6.72. The SMILES string of the molecule is C=CCC(CCC(C)(F)F)NC(=O)NCC. The molecule has 3 nitrogen and oxygen atoms in total. The summed E-state index contributed by atoms with van der Waals surface area (Å²) in [6.07, 6.45) is 2.11. The van der Waals surface area contributed by atoms with Gasteiger partial charge in [0.05, 0.1) is 0 Å². The second-order valence-electron chi connectivity index (χ2n) is 3.83. The topological polar surface area (TPSA) is 41.1 Å². The van der Waals surface area contributed by atoms with E-state index in [1.54, 1.807) is 13.0 Å². The van der Waals surface area contributed by atoms with Crippen LogP contribution in [-0.2, 0) is 0 Å². The van der Waals surface area contributed by atoms with Gasteiger partial charge in [0.2, 0.25) is 5.92 Å². The van der Waals surface area contributed by atoms with Gasteiger partial charge in [-0.25, -0.2) is 13.6 Å². The number of alkyl halides is 2. The Morgan fingerprint density at radius 3 is 2.62 bits per heavy atom. The Kier molecular flexibility index (Phi) is 6.69. The van der Waals surface area contributed by atoms with Crippen molar-refractivity contribution in [3.8, 4) is 0 Å². The van der Waals surface area contributed by atoms with Crippen molar-refractivity contribution < 1.29 is 13.6 Å². The van der Waals surface area contributed by atoms with E-state index in [0.717, 1.165) is 6.92 Å². The van der Waals surface area contributed by atoms with Gasteiger partial charge < -0.3 is 10.6 Å². The van der Waals surface area contributed by atoms with Crippen LogP contribution in [-0.4, -0.2) is 24.5 Å². The first-order chi connectivity index (χ1) is 7.39. The molecule has 2 N–H and O–H groups in total. The van der Waals surface area contributed by atoms with E-state index in [1.807, 2.05) is 0 Å². The molecule has 0 aliphatic carbocycles. The summed E-state index contributed by atoms with van der Waals surface area (Å²) in [5.74, 6) is -2.69. The summed E-state index contributed by atoms with van der Waals surface area (Å²) in [5, 5.41) is 5.20. The van der Waals surface area contributed by atoms with Crippen LogP contribution in [0.15, 0.2) is 12.7 Å². The van der Waals surface area contributed by atoms with E-state index >= 15 is 0 Å². The van der Waals surface area contributed by atoms with Gasteiger partial charge >= 0.3 is 6.03 Å². The predicted octanol–water partition coefficient (Wildman–Crippen LogP) is 2.69. The molecule has 5 heteroatoms. The number of urea groups is 1. The molecular formula is C11H20F2N2O. The maximum atomic E-state index is 12.7. The smallest absolute Gasteiger partial charge is 0.315 e. The van der Waals surface area contributed by atoms with E-state index in [-0.39, 0.29) is 24.9 Å². The zero-order chi connectivity index (χ0) is 12.6. The number of hydrogen-bond acceptors (Lipinski definition) is 1. The van der Waals surface area contributed by atoms with Crippen LogP contribution < -0.4 is 10.6 Å². The molecule has 0 aliphatic heterocycles. The van der Waals surface area contributed by atoms with Gasteiger partial charge in [-0.2, -0.15) is 0 Å².